The third-order valence-corrected chi connectivity index (χ3v) is 5.20. The second kappa shape index (κ2) is 10.8. The molecule has 1 saturated heterocycles. The largest absolute Gasteiger partial charge is 0.444 e. The van der Waals surface area contributed by atoms with E-state index in [1.54, 1.807) is 20.8 Å². The van der Waals surface area contributed by atoms with E-state index in [1.807, 2.05) is 0 Å². The highest BCUT2D eigenvalue weighted by Crippen LogP contribution is 2.36. The number of alkyl carbamates (subject to hydrolysis) is 1. The molecule has 1 aromatic carbocycles. The number of nitrogens with one attached hydrogen (secondary N) is 2. The van der Waals surface area contributed by atoms with Gasteiger partial charge in [0.25, 0.3) is 5.91 Å². The Bertz CT molecular complexity index is 825. The standard InChI is InChI=1S/C22H29F6N3O3/c1-20(2,3)34-19(33)29-6-9-31-7-4-14(5-8-31)13-30-18(32)15-10-16(21(23,24)25)12-17(11-15)22(26,27)28/h10-12,14H,4-9,13H2,1-3H3,(H,29,33)(H,30,32). The average molecular weight is 497 g/mol. The first kappa shape index (κ1) is 27.7. The maximum absolute atomic E-state index is 13.0. The van der Waals surface area contributed by atoms with Crippen LogP contribution in [0.3, 0.4) is 0 Å². The van der Waals surface area contributed by atoms with Gasteiger partial charge in [0.2, 0.25) is 0 Å². The van der Waals surface area contributed by atoms with E-state index in [1.165, 1.54) is 0 Å². The molecule has 34 heavy (non-hydrogen) atoms. The van der Waals surface area contributed by atoms with Gasteiger partial charge in [-0.3, -0.25) is 4.79 Å². The van der Waals surface area contributed by atoms with E-state index in [9.17, 15) is 35.9 Å². The quantitative estimate of drug-likeness (QED) is 0.560. The number of alkyl halides is 6. The number of hydrogen-bond acceptors (Lipinski definition) is 4. The van der Waals surface area contributed by atoms with Crippen molar-refractivity contribution in [3.8, 4) is 0 Å². The highest BCUT2D eigenvalue weighted by molar-refractivity contribution is 5.94. The Balaban J connectivity index is 1.83. The summed E-state index contributed by atoms with van der Waals surface area (Å²) in [6.07, 6.45) is -9.16. The van der Waals surface area contributed by atoms with Crippen LogP contribution >= 0.6 is 0 Å². The third kappa shape index (κ3) is 9.03. The lowest BCUT2D eigenvalue weighted by Crippen LogP contribution is -2.42. The molecule has 0 aromatic heterocycles. The van der Waals surface area contributed by atoms with Crippen molar-refractivity contribution in [3.63, 3.8) is 0 Å². The van der Waals surface area contributed by atoms with Crippen LogP contribution in [0.4, 0.5) is 31.1 Å². The van der Waals surface area contributed by atoms with Gasteiger partial charge >= 0.3 is 18.4 Å². The Morgan fingerprint density at radius 2 is 1.47 bits per heavy atom. The lowest BCUT2D eigenvalue weighted by molar-refractivity contribution is -0.143. The number of piperidine rings is 1. The van der Waals surface area contributed by atoms with Crippen LogP contribution in [0.25, 0.3) is 0 Å². The molecular weight excluding hydrogens is 468 g/mol. The Morgan fingerprint density at radius 1 is 0.941 bits per heavy atom. The molecule has 12 heteroatoms. The average Bonchev–Trinajstić information content (AvgIpc) is 2.70. The Kier molecular flexibility index (Phi) is 8.84. The van der Waals surface area contributed by atoms with Crippen LogP contribution in [-0.4, -0.2) is 55.2 Å². The van der Waals surface area contributed by atoms with E-state index in [0.29, 0.717) is 51.2 Å². The summed E-state index contributed by atoms with van der Waals surface area (Å²) in [5.74, 6) is -0.951. The van der Waals surface area contributed by atoms with Crippen LogP contribution in [0, 0.1) is 5.92 Å². The number of carbonyl (C=O) groups is 2. The lowest BCUT2D eigenvalue weighted by atomic mass is 9.96. The van der Waals surface area contributed by atoms with Gasteiger partial charge in [-0.2, -0.15) is 26.3 Å². The molecule has 1 aliphatic rings. The molecule has 1 fully saturated rings. The van der Waals surface area contributed by atoms with Crippen LogP contribution in [0.5, 0.6) is 0 Å². The predicted octanol–water partition coefficient (Wildman–Crippen LogP) is 4.69. The van der Waals surface area contributed by atoms with Crippen LogP contribution in [0.15, 0.2) is 18.2 Å². The summed E-state index contributed by atoms with van der Waals surface area (Å²) in [5, 5.41) is 5.12. The van der Waals surface area contributed by atoms with Crippen LogP contribution < -0.4 is 10.6 Å². The molecule has 1 aliphatic heterocycles. The van der Waals surface area contributed by atoms with Gasteiger partial charge in [-0.15, -0.1) is 0 Å². The number of carbonyl (C=O) groups excluding carboxylic acids is 2. The van der Waals surface area contributed by atoms with E-state index < -0.39 is 46.6 Å². The van der Waals surface area contributed by atoms with Crippen molar-refractivity contribution in [2.75, 3.05) is 32.7 Å². The van der Waals surface area contributed by atoms with Gasteiger partial charge in [-0.1, -0.05) is 0 Å². The number of hydrogen-bond donors (Lipinski definition) is 2. The fourth-order valence-electron chi connectivity index (χ4n) is 3.47. The molecule has 0 saturated carbocycles. The van der Waals surface area contributed by atoms with Crippen molar-refractivity contribution in [1.29, 1.82) is 0 Å². The second-order valence-electron chi connectivity index (χ2n) is 9.22. The first-order valence-electron chi connectivity index (χ1n) is 10.8. The molecule has 2 rings (SSSR count). The van der Waals surface area contributed by atoms with Crippen LogP contribution in [-0.2, 0) is 17.1 Å². The molecule has 192 valence electrons. The summed E-state index contributed by atoms with van der Waals surface area (Å²) in [6.45, 7) is 7.78. The zero-order valence-corrected chi connectivity index (χ0v) is 19.2. The van der Waals surface area contributed by atoms with E-state index in [2.05, 4.69) is 15.5 Å². The van der Waals surface area contributed by atoms with Gasteiger partial charge in [0.15, 0.2) is 0 Å². The molecule has 2 N–H and O–H groups in total. The summed E-state index contributed by atoms with van der Waals surface area (Å²) in [6, 6.07) is 0.833. The highest BCUT2D eigenvalue weighted by atomic mass is 19.4. The zero-order chi connectivity index (χ0) is 25.7. The topological polar surface area (TPSA) is 70.7 Å². The Morgan fingerprint density at radius 3 is 1.94 bits per heavy atom. The van der Waals surface area contributed by atoms with Gasteiger partial charge in [-0.25, -0.2) is 4.79 Å². The molecule has 0 atom stereocenters. The maximum atomic E-state index is 13.0. The Hall–Kier alpha value is -2.50. The smallest absolute Gasteiger partial charge is 0.416 e. The predicted molar refractivity (Wildman–Crippen MR) is 112 cm³/mol. The van der Waals surface area contributed by atoms with E-state index in [-0.39, 0.29) is 18.5 Å². The summed E-state index contributed by atoms with van der Waals surface area (Å²) in [5.41, 5.74) is -4.33. The number of halogens is 6. The third-order valence-electron chi connectivity index (χ3n) is 5.20. The summed E-state index contributed by atoms with van der Waals surface area (Å²) in [4.78, 5) is 26.1. The first-order valence-corrected chi connectivity index (χ1v) is 10.8. The van der Waals surface area contributed by atoms with Gasteiger partial charge in [-0.05, 0) is 70.8 Å². The van der Waals surface area contributed by atoms with E-state index in [0.717, 1.165) is 0 Å². The van der Waals surface area contributed by atoms with Gasteiger partial charge < -0.3 is 20.3 Å². The maximum Gasteiger partial charge on any atom is 0.416 e. The van der Waals surface area contributed by atoms with Crippen molar-refractivity contribution in [3.05, 3.63) is 34.9 Å². The van der Waals surface area contributed by atoms with Gasteiger partial charge in [0.05, 0.1) is 11.1 Å². The van der Waals surface area contributed by atoms with Crippen molar-refractivity contribution in [2.24, 2.45) is 5.92 Å². The van der Waals surface area contributed by atoms with Crippen LogP contribution in [0.2, 0.25) is 0 Å². The molecule has 2 amide bonds. The molecule has 1 aromatic rings. The van der Waals surface area contributed by atoms with Gasteiger partial charge in [0, 0.05) is 25.2 Å². The number of amides is 2. The van der Waals surface area contributed by atoms with Crippen molar-refractivity contribution < 1.29 is 40.7 Å². The Labute approximate surface area is 194 Å². The highest BCUT2D eigenvalue weighted by Gasteiger charge is 2.37. The molecule has 6 nitrogen and oxygen atoms in total. The van der Waals surface area contributed by atoms with Crippen LogP contribution in [0.1, 0.15) is 55.1 Å². The van der Waals surface area contributed by atoms with Crippen molar-refractivity contribution >= 4 is 12.0 Å². The van der Waals surface area contributed by atoms with E-state index in [4.69, 9.17) is 4.74 Å². The second-order valence-corrected chi connectivity index (χ2v) is 9.22. The minimum Gasteiger partial charge on any atom is -0.444 e. The minimum absolute atomic E-state index is 0.00975. The van der Waals surface area contributed by atoms with Crippen molar-refractivity contribution in [2.45, 2.75) is 51.6 Å². The molecule has 0 bridgehead atoms. The van der Waals surface area contributed by atoms with Crippen molar-refractivity contribution in [1.82, 2.24) is 15.5 Å². The lowest BCUT2D eigenvalue weighted by Gasteiger charge is -2.32. The molecule has 0 spiro atoms. The summed E-state index contributed by atoms with van der Waals surface area (Å²) in [7, 11) is 0. The first-order chi connectivity index (χ1) is 15.5. The summed E-state index contributed by atoms with van der Waals surface area (Å²) < 4.78 is 83.1. The normalized spacial score (nSPS) is 16.3. The zero-order valence-electron chi connectivity index (χ0n) is 19.2. The molecule has 1 heterocycles. The number of nitrogens with zero attached hydrogens (tertiary/aromatic N) is 1. The molecular formula is C22H29F6N3O3. The molecule has 0 radical (unpaired) electrons. The number of ether oxygens (including phenoxy) is 1. The molecule has 0 aliphatic carbocycles. The fraction of sp³-hybridized carbons (Fsp3) is 0.636. The monoisotopic (exact) mass is 497 g/mol. The molecule has 0 unspecified atom stereocenters. The summed E-state index contributed by atoms with van der Waals surface area (Å²) >= 11 is 0. The fourth-order valence-corrected chi connectivity index (χ4v) is 3.47. The number of benzene rings is 1. The minimum atomic E-state index is -5.01. The van der Waals surface area contributed by atoms with Gasteiger partial charge in [0.1, 0.15) is 5.60 Å². The van der Waals surface area contributed by atoms with E-state index >= 15 is 0 Å². The number of rotatable bonds is 6. The number of likely N-dealkylation sites (tertiary alicyclic amines) is 1. The SMILES string of the molecule is CC(C)(C)OC(=O)NCCN1CCC(CNC(=O)c2cc(C(F)(F)F)cc(C(F)(F)F)c2)CC1.